The van der Waals surface area contributed by atoms with Crippen LogP contribution in [0.3, 0.4) is 0 Å². The minimum atomic E-state index is 0.689. The van der Waals surface area contributed by atoms with E-state index in [2.05, 4.69) is 45.0 Å². The first-order chi connectivity index (χ1) is 7.54. The van der Waals surface area contributed by atoms with Gasteiger partial charge in [0.1, 0.15) is 0 Å². The second-order valence-electron chi connectivity index (χ2n) is 5.95. The van der Waals surface area contributed by atoms with Crippen LogP contribution in [0.2, 0.25) is 0 Å². The van der Waals surface area contributed by atoms with Gasteiger partial charge < -0.3 is 10.2 Å². The van der Waals surface area contributed by atoms with Gasteiger partial charge in [-0.3, -0.25) is 0 Å². The summed E-state index contributed by atoms with van der Waals surface area (Å²) in [5.41, 5.74) is 0. The second-order valence-corrected chi connectivity index (χ2v) is 5.95. The van der Waals surface area contributed by atoms with E-state index in [1.54, 1.807) is 0 Å². The Bertz CT molecular complexity index is 187. The number of nitrogens with one attached hydrogen (secondary N) is 1. The number of likely N-dealkylation sites (N-methyl/N-ethyl adjacent to an activating group) is 1. The summed E-state index contributed by atoms with van der Waals surface area (Å²) in [7, 11) is 2.28. The third kappa shape index (κ3) is 4.84. The predicted octanol–water partition coefficient (Wildman–Crippen LogP) is 2.74. The normalized spacial score (nSPS) is 20.4. The van der Waals surface area contributed by atoms with E-state index in [0.29, 0.717) is 6.04 Å². The highest BCUT2D eigenvalue weighted by Crippen LogP contribution is 2.20. The van der Waals surface area contributed by atoms with Crippen LogP contribution < -0.4 is 5.32 Å². The summed E-state index contributed by atoms with van der Waals surface area (Å²) in [6, 6.07) is 1.52. The smallest absolute Gasteiger partial charge is 0.0240 e. The maximum absolute atomic E-state index is 3.67. The van der Waals surface area contributed by atoms with E-state index in [1.807, 2.05) is 0 Å². The minimum absolute atomic E-state index is 0.689. The average molecular weight is 226 g/mol. The van der Waals surface area contributed by atoms with E-state index >= 15 is 0 Å². The molecule has 1 N–H and O–H groups in total. The molecule has 1 aliphatic carbocycles. The molecule has 0 aliphatic heterocycles. The van der Waals surface area contributed by atoms with Gasteiger partial charge in [0.05, 0.1) is 0 Å². The molecule has 1 fully saturated rings. The highest BCUT2D eigenvalue weighted by atomic mass is 15.2. The molecule has 16 heavy (non-hydrogen) atoms. The zero-order chi connectivity index (χ0) is 12.1. The van der Waals surface area contributed by atoms with Gasteiger partial charge >= 0.3 is 0 Å². The van der Waals surface area contributed by atoms with E-state index in [0.717, 1.165) is 24.4 Å². The zero-order valence-corrected chi connectivity index (χ0v) is 11.8. The van der Waals surface area contributed by atoms with Crippen LogP contribution in [0.25, 0.3) is 0 Å². The van der Waals surface area contributed by atoms with Gasteiger partial charge in [0.2, 0.25) is 0 Å². The standard InChI is InChI=1S/C14H30N2/c1-6-12(4)10-16(5)14(11(2)3)9-15-13-7-8-13/h11-15H,6-10H2,1-5H3. The Labute approximate surface area is 102 Å². The molecule has 2 heteroatoms. The molecule has 96 valence electrons. The van der Waals surface area contributed by atoms with Gasteiger partial charge in [0, 0.05) is 25.2 Å². The molecule has 0 aromatic rings. The van der Waals surface area contributed by atoms with Gasteiger partial charge in [-0.05, 0) is 31.7 Å². The van der Waals surface area contributed by atoms with Crippen molar-refractivity contribution in [3.63, 3.8) is 0 Å². The monoisotopic (exact) mass is 226 g/mol. The van der Waals surface area contributed by atoms with E-state index in [1.165, 1.54) is 25.8 Å². The van der Waals surface area contributed by atoms with Gasteiger partial charge in [-0.15, -0.1) is 0 Å². The molecule has 1 rings (SSSR count). The summed E-state index contributed by atoms with van der Waals surface area (Å²) in [5.74, 6) is 1.55. The fourth-order valence-electron chi connectivity index (χ4n) is 2.23. The molecule has 0 bridgehead atoms. The van der Waals surface area contributed by atoms with Crippen molar-refractivity contribution >= 4 is 0 Å². The molecular weight excluding hydrogens is 196 g/mol. The lowest BCUT2D eigenvalue weighted by molar-refractivity contribution is 0.164. The summed E-state index contributed by atoms with van der Waals surface area (Å²) in [4.78, 5) is 2.55. The van der Waals surface area contributed by atoms with Crippen molar-refractivity contribution < 1.29 is 0 Å². The van der Waals surface area contributed by atoms with Crippen molar-refractivity contribution in [2.45, 2.75) is 59.0 Å². The second kappa shape index (κ2) is 6.61. The summed E-state index contributed by atoms with van der Waals surface area (Å²) in [6.07, 6.45) is 4.06. The molecule has 2 nitrogen and oxygen atoms in total. The molecule has 1 aliphatic rings. The third-order valence-corrected chi connectivity index (χ3v) is 3.83. The minimum Gasteiger partial charge on any atom is -0.312 e. The van der Waals surface area contributed by atoms with Gasteiger partial charge in [-0.1, -0.05) is 34.1 Å². The van der Waals surface area contributed by atoms with Crippen LogP contribution in [-0.4, -0.2) is 37.1 Å². The summed E-state index contributed by atoms with van der Waals surface area (Å²) in [6.45, 7) is 11.7. The third-order valence-electron chi connectivity index (χ3n) is 3.83. The van der Waals surface area contributed by atoms with Crippen LogP contribution in [0, 0.1) is 11.8 Å². The van der Waals surface area contributed by atoms with Gasteiger partial charge in [-0.2, -0.15) is 0 Å². The Kier molecular flexibility index (Phi) is 5.77. The maximum Gasteiger partial charge on any atom is 0.0240 e. The van der Waals surface area contributed by atoms with Crippen LogP contribution >= 0.6 is 0 Å². The first-order valence-corrected chi connectivity index (χ1v) is 6.98. The van der Waals surface area contributed by atoms with Crippen molar-refractivity contribution in [2.24, 2.45) is 11.8 Å². The molecule has 0 radical (unpaired) electrons. The molecule has 1 saturated carbocycles. The lowest BCUT2D eigenvalue weighted by Crippen LogP contribution is -2.45. The maximum atomic E-state index is 3.67. The molecule has 0 aromatic heterocycles. The van der Waals surface area contributed by atoms with Gasteiger partial charge in [0.25, 0.3) is 0 Å². The highest BCUT2D eigenvalue weighted by molar-refractivity contribution is 4.85. The van der Waals surface area contributed by atoms with E-state index < -0.39 is 0 Å². The predicted molar refractivity (Wildman–Crippen MR) is 71.7 cm³/mol. The fraction of sp³-hybridized carbons (Fsp3) is 1.00. The first kappa shape index (κ1) is 14.0. The largest absolute Gasteiger partial charge is 0.312 e. The summed E-state index contributed by atoms with van der Waals surface area (Å²) >= 11 is 0. The first-order valence-electron chi connectivity index (χ1n) is 6.98. The quantitative estimate of drug-likeness (QED) is 0.684. The van der Waals surface area contributed by atoms with Crippen LogP contribution in [-0.2, 0) is 0 Å². The van der Waals surface area contributed by atoms with Crippen LogP contribution in [0.15, 0.2) is 0 Å². The van der Waals surface area contributed by atoms with Crippen LogP contribution in [0.4, 0.5) is 0 Å². The molecule has 0 amide bonds. The lowest BCUT2D eigenvalue weighted by atomic mass is 10.0. The Balaban J connectivity index is 2.33. The molecule has 2 unspecified atom stereocenters. The molecular formula is C14H30N2. The van der Waals surface area contributed by atoms with Gasteiger partial charge in [0.15, 0.2) is 0 Å². The van der Waals surface area contributed by atoms with E-state index in [-0.39, 0.29) is 0 Å². The van der Waals surface area contributed by atoms with Crippen molar-refractivity contribution in [2.75, 3.05) is 20.1 Å². The Morgan fingerprint density at radius 3 is 2.31 bits per heavy atom. The van der Waals surface area contributed by atoms with Crippen molar-refractivity contribution in [3.05, 3.63) is 0 Å². The summed E-state index contributed by atoms with van der Waals surface area (Å²) in [5, 5.41) is 3.67. The Hall–Kier alpha value is -0.0800. The topological polar surface area (TPSA) is 15.3 Å². The van der Waals surface area contributed by atoms with Crippen molar-refractivity contribution in [1.29, 1.82) is 0 Å². The number of hydrogen-bond donors (Lipinski definition) is 1. The number of nitrogens with zero attached hydrogens (tertiary/aromatic N) is 1. The van der Waals surface area contributed by atoms with E-state index in [9.17, 15) is 0 Å². The molecule has 0 spiro atoms. The Morgan fingerprint density at radius 2 is 1.88 bits per heavy atom. The lowest BCUT2D eigenvalue weighted by Gasteiger charge is -2.33. The zero-order valence-electron chi connectivity index (χ0n) is 11.8. The number of hydrogen-bond acceptors (Lipinski definition) is 2. The highest BCUT2D eigenvalue weighted by Gasteiger charge is 2.25. The Morgan fingerprint density at radius 1 is 1.25 bits per heavy atom. The number of rotatable bonds is 8. The SMILES string of the molecule is CCC(C)CN(C)C(CNC1CC1)C(C)C. The molecule has 0 saturated heterocycles. The summed E-state index contributed by atoms with van der Waals surface area (Å²) < 4.78 is 0. The van der Waals surface area contributed by atoms with Gasteiger partial charge in [-0.25, -0.2) is 0 Å². The van der Waals surface area contributed by atoms with E-state index in [4.69, 9.17) is 0 Å². The fourth-order valence-corrected chi connectivity index (χ4v) is 2.23. The molecule has 0 heterocycles. The van der Waals surface area contributed by atoms with Crippen LogP contribution in [0.5, 0.6) is 0 Å². The molecule has 0 aromatic carbocycles. The average Bonchev–Trinajstić information content (AvgIpc) is 3.01. The van der Waals surface area contributed by atoms with Crippen molar-refractivity contribution in [1.82, 2.24) is 10.2 Å². The van der Waals surface area contributed by atoms with Crippen LogP contribution in [0.1, 0.15) is 47.0 Å². The molecule has 2 atom stereocenters. The van der Waals surface area contributed by atoms with Crippen molar-refractivity contribution in [3.8, 4) is 0 Å².